The minimum Gasteiger partial charge on any atom is -0.358 e. The van der Waals surface area contributed by atoms with Gasteiger partial charge in [0, 0.05) is 18.0 Å². The fourth-order valence-electron chi connectivity index (χ4n) is 1.29. The molecule has 0 aliphatic carbocycles. The first-order valence-electron chi connectivity index (χ1n) is 5.15. The lowest BCUT2D eigenvalue weighted by Gasteiger charge is -2.15. The van der Waals surface area contributed by atoms with E-state index in [1.54, 1.807) is 11.3 Å². The summed E-state index contributed by atoms with van der Waals surface area (Å²) in [5.74, 6) is 0. The van der Waals surface area contributed by atoms with Crippen LogP contribution in [0.25, 0.3) is 0 Å². The fourth-order valence-corrected chi connectivity index (χ4v) is 2.06. The molecule has 1 aromatic rings. The van der Waals surface area contributed by atoms with Gasteiger partial charge in [-0.25, -0.2) is 4.98 Å². The van der Waals surface area contributed by atoms with E-state index in [1.165, 1.54) is 12.8 Å². The summed E-state index contributed by atoms with van der Waals surface area (Å²) in [5.41, 5.74) is 6.76. The third-order valence-corrected chi connectivity index (χ3v) is 3.03. The number of hydrogen-bond donors (Lipinski definition) is 2. The average Bonchev–Trinajstić information content (AvgIpc) is 2.58. The van der Waals surface area contributed by atoms with Gasteiger partial charge >= 0.3 is 0 Å². The van der Waals surface area contributed by atoms with E-state index in [9.17, 15) is 0 Å². The highest BCUT2D eigenvalue weighted by atomic mass is 32.1. The Morgan fingerprint density at radius 1 is 1.64 bits per heavy atom. The van der Waals surface area contributed by atoms with Crippen LogP contribution in [0, 0.1) is 6.92 Å². The molecule has 1 atom stereocenters. The number of nitrogens with zero attached hydrogens (tertiary/aromatic N) is 1. The van der Waals surface area contributed by atoms with Crippen molar-refractivity contribution in [3.05, 3.63) is 11.1 Å². The summed E-state index contributed by atoms with van der Waals surface area (Å²) in [7, 11) is 0. The average molecular weight is 213 g/mol. The highest BCUT2D eigenvalue weighted by Crippen LogP contribution is 2.16. The van der Waals surface area contributed by atoms with Gasteiger partial charge in [-0.05, 0) is 13.3 Å². The normalized spacial score (nSPS) is 12.8. The van der Waals surface area contributed by atoms with Crippen LogP contribution in [0.1, 0.15) is 31.9 Å². The molecule has 4 heteroatoms. The van der Waals surface area contributed by atoms with Gasteiger partial charge in [0.2, 0.25) is 0 Å². The van der Waals surface area contributed by atoms with Gasteiger partial charge in [0.05, 0.1) is 5.69 Å². The van der Waals surface area contributed by atoms with Crippen LogP contribution in [-0.4, -0.2) is 17.6 Å². The van der Waals surface area contributed by atoms with Crippen LogP contribution >= 0.6 is 11.3 Å². The van der Waals surface area contributed by atoms with E-state index in [4.69, 9.17) is 5.73 Å². The standard InChI is InChI=1S/C10H19N3S/c1-3-4-5-9(6-11)13-10-12-8(2)7-14-10/h7,9H,3-6,11H2,1-2H3,(H,12,13). The van der Waals surface area contributed by atoms with Crippen molar-refractivity contribution in [2.24, 2.45) is 5.73 Å². The number of aromatic nitrogens is 1. The van der Waals surface area contributed by atoms with Crippen LogP contribution in [0.5, 0.6) is 0 Å². The highest BCUT2D eigenvalue weighted by molar-refractivity contribution is 7.13. The van der Waals surface area contributed by atoms with Crippen LogP contribution in [0.15, 0.2) is 5.38 Å². The second-order valence-corrected chi connectivity index (χ2v) is 4.37. The molecule has 0 fully saturated rings. The summed E-state index contributed by atoms with van der Waals surface area (Å²) in [6.45, 7) is 4.88. The maximum Gasteiger partial charge on any atom is 0.183 e. The van der Waals surface area contributed by atoms with E-state index in [1.807, 2.05) is 6.92 Å². The lowest BCUT2D eigenvalue weighted by atomic mass is 10.1. The molecule has 1 aromatic heterocycles. The second-order valence-electron chi connectivity index (χ2n) is 3.51. The Labute approximate surface area is 89.7 Å². The Morgan fingerprint density at radius 3 is 2.93 bits per heavy atom. The number of anilines is 1. The predicted octanol–water partition coefficient (Wildman–Crippen LogP) is 2.38. The van der Waals surface area contributed by atoms with Crippen molar-refractivity contribution in [1.82, 2.24) is 4.98 Å². The van der Waals surface area contributed by atoms with E-state index >= 15 is 0 Å². The van der Waals surface area contributed by atoms with Crippen LogP contribution in [-0.2, 0) is 0 Å². The molecule has 0 spiro atoms. The molecule has 1 heterocycles. The molecule has 0 aromatic carbocycles. The van der Waals surface area contributed by atoms with Gasteiger partial charge in [-0.15, -0.1) is 11.3 Å². The zero-order valence-corrected chi connectivity index (χ0v) is 9.73. The van der Waals surface area contributed by atoms with Crippen molar-refractivity contribution in [2.75, 3.05) is 11.9 Å². The second kappa shape index (κ2) is 5.98. The van der Waals surface area contributed by atoms with E-state index in [0.29, 0.717) is 12.6 Å². The first-order valence-corrected chi connectivity index (χ1v) is 6.03. The Balaban J connectivity index is 2.40. The van der Waals surface area contributed by atoms with Crippen molar-refractivity contribution in [3.8, 4) is 0 Å². The summed E-state index contributed by atoms with van der Waals surface area (Å²) < 4.78 is 0. The van der Waals surface area contributed by atoms with Crippen molar-refractivity contribution >= 4 is 16.5 Å². The number of hydrogen-bond acceptors (Lipinski definition) is 4. The van der Waals surface area contributed by atoms with Crippen molar-refractivity contribution in [1.29, 1.82) is 0 Å². The van der Waals surface area contributed by atoms with E-state index in [0.717, 1.165) is 17.2 Å². The number of aryl methyl sites for hydroxylation is 1. The quantitative estimate of drug-likeness (QED) is 0.763. The largest absolute Gasteiger partial charge is 0.358 e. The summed E-state index contributed by atoms with van der Waals surface area (Å²) >= 11 is 1.65. The molecule has 14 heavy (non-hydrogen) atoms. The Hall–Kier alpha value is -0.610. The lowest BCUT2D eigenvalue weighted by molar-refractivity contribution is 0.614. The van der Waals surface area contributed by atoms with Gasteiger partial charge in [-0.3, -0.25) is 0 Å². The number of thiazole rings is 1. The first-order chi connectivity index (χ1) is 6.76. The maximum absolute atomic E-state index is 5.68. The molecule has 1 rings (SSSR count). The van der Waals surface area contributed by atoms with Gasteiger partial charge < -0.3 is 11.1 Å². The predicted molar refractivity (Wildman–Crippen MR) is 62.8 cm³/mol. The Bertz CT molecular complexity index is 260. The minimum absolute atomic E-state index is 0.375. The van der Waals surface area contributed by atoms with Crippen molar-refractivity contribution in [3.63, 3.8) is 0 Å². The molecule has 3 N–H and O–H groups in total. The smallest absolute Gasteiger partial charge is 0.183 e. The summed E-state index contributed by atoms with van der Waals surface area (Å²) in [5, 5.41) is 6.41. The molecule has 1 unspecified atom stereocenters. The Kier molecular flexibility index (Phi) is 4.90. The number of nitrogens with one attached hydrogen (secondary N) is 1. The summed E-state index contributed by atoms with van der Waals surface area (Å²) in [6.07, 6.45) is 3.57. The van der Waals surface area contributed by atoms with Crippen LogP contribution in [0.4, 0.5) is 5.13 Å². The van der Waals surface area contributed by atoms with Crippen LogP contribution in [0.3, 0.4) is 0 Å². The van der Waals surface area contributed by atoms with Crippen LogP contribution < -0.4 is 11.1 Å². The lowest BCUT2D eigenvalue weighted by Crippen LogP contribution is -2.28. The van der Waals surface area contributed by atoms with E-state index in [-0.39, 0.29) is 0 Å². The fraction of sp³-hybridized carbons (Fsp3) is 0.700. The Morgan fingerprint density at radius 2 is 2.43 bits per heavy atom. The molecule has 3 nitrogen and oxygen atoms in total. The van der Waals surface area contributed by atoms with Gasteiger partial charge in [0.15, 0.2) is 5.13 Å². The van der Waals surface area contributed by atoms with Gasteiger partial charge in [0.25, 0.3) is 0 Å². The van der Waals surface area contributed by atoms with Gasteiger partial charge in [-0.1, -0.05) is 19.8 Å². The molecule has 0 saturated heterocycles. The molecule has 0 saturated carbocycles. The maximum atomic E-state index is 5.68. The minimum atomic E-state index is 0.375. The molecular formula is C10H19N3S. The number of unbranched alkanes of at least 4 members (excludes halogenated alkanes) is 1. The molecular weight excluding hydrogens is 194 g/mol. The third kappa shape index (κ3) is 3.64. The number of rotatable bonds is 6. The zero-order valence-electron chi connectivity index (χ0n) is 8.92. The topological polar surface area (TPSA) is 50.9 Å². The molecule has 0 aliphatic heterocycles. The van der Waals surface area contributed by atoms with Crippen molar-refractivity contribution < 1.29 is 0 Å². The van der Waals surface area contributed by atoms with Crippen LogP contribution in [0.2, 0.25) is 0 Å². The third-order valence-electron chi connectivity index (χ3n) is 2.14. The molecule has 80 valence electrons. The SMILES string of the molecule is CCCCC(CN)Nc1nc(C)cs1. The molecule has 0 bridgehead atoms. The molecule has 0 amide bonds. The first kappa shape index (κ1) is 11.5. The molecule has 0 radical (unpaired) electrons. The van der Waals surface area contributed by atoms with Gasteiger partial charge in [-0.2, -0.15) is 0 Å². The zero-order chi connectivity index (χ0) is 10.4. The highest BCUT2D eigenvalue weighted by Gasteiger charge is 2.07. The summed E-state index contributed by atoms with van der Waals surface area (Å²) in [6, 6.07) is 0.375. The molecule has 0 aliphatic rings. The van der Waals surface area contributed by atoms with Gasteiger partial charge in [0.1, 0.15) is 0 Å². The summed E-state index contributed by atoms with van der Waals surface area (Å²) in [4.78, 5) is 4.36. The monoisotopic (exact) mass is 213 g/mol. The van der Waals surface area contributed by atoms with Crippen molar-refractivity contribution in [2.45, 2.75) is 39.2 Å². The number of nitrogens with two attached hydrogens (primary N) is 1. The van der Waals surface area contributed by atoms with E-state index in [2.05, 4.69) is 22.6 Å². The van der Waals surface area contributed by atoms with E-state index < -0.39 is 0 Å².